The molecule has 2 aromatic carbocycles. The second kappa shape index (κ2) is 9.63. The number of halogens is 3. The summed E-state index contributed by atoms with van der Waals surface area (Å²) in [6.45, 7) is 6.29. The van der Waals surface area contributed by atoms with Crippen molar-refractivity contribution in [3.63, 3.8) is 0 Å². The summed E-state index contributed by atoms with van der Waals surface area (Å²) in [6, 6.07) is 11.8. The number of hydrogen-bond donors (Lipinski definition) is 2. The maximum atomic E-state index is 12.6. The first-order valence-electron chi connectivity index (χ1n) is 10.0. The summed E-state index contributed by atoms with van der Waals surface area (Å²) in [4.78, 5) is 23.5. The van der Waals surface area contributed by atoms with Crippen molar-refractivity contribution >= 4 is 28.6 Å². The van der Waals surface area contributed by atoms with Crippen molar-refractivity contribution in [2.45, 2.75) is 20.0 Å². The number of hydrogen-bond acceptors (Lipinski definition) is 5. The number of aromatic nitrogens is 2. The Hall–Kier alpha value is -3.36. The van der Waals surface area contributed by atoms with Gasteiger partial charge < -0.3 is 15.5 Å². The molecule has 9 heteroatoms. The summed E-state index contributed by atoms with van der Waals surface area (Å²) in [5.74, 6) is 0.850. The van der Waals surface area contributed by atoms with Crippen LogP contribution in [0.4, 0.5) is 24.9 Å². The van der Waals surface area contributed by atoms with Crippen LogP contribution in [0.25, 0.3) is 10.9 Å². The fourth-order valence-electron chi connectivity index (χ4n) is 3.12. The summed E-state index contributed by atoms with van der Waals surface area (Å²) in [7, 11) is 0. The highest BCUT2D eigenvalue weighted by molar-refractivity contribution is 5.94. The summed E-state index contributed by atoms with van der Waals surface area (Å²) in [5, 5.41) is 6.79. The molecule has 0 fully saturated rings. The third-order valence-electron chi connectivity index (χ3n) is 4.82. The number of rotatable bonds is 8. The van der Waals surface area contributed by atoms with E-state index in [0.717, 1.165) is 36.1 Å². The predicted molar refractivity (Wildman–Crippen MR) is 115 cm³/mol. The van der Waals surface area contributed by atoms with Crippen LogP contribution < -0.4 is 15.5 Å². The number of carbonyl (C=O) groups excluding carboxylic acids is 1. The van der Waals surface area contributed by atoms with Gasteiger partial charge in [-0.3, -0.25) is 4.79 Å². The number of fused-ring (bicyclic) bond motifs is 1. The predicted octanol–water partition coefficient (Wildman–Crippen LogP) is 4.34. The van der Waals surface area contributed by atoms with E-state index < -0.39 is 17.6 Å². The second-order valence-corrected chi connectivity index (χ2v) is 6.82. The van der Waals surface area contributed by atoms with Gasteiger partial charge >= 0.3 is 6.18 Å². The zero-order valence-electron chi connectivity index (χ0n) is 17.3. The molecule has 1 aromatic heterocycles. The first-order valence-corrected chi connectivity index (χ1v) is 10.0. The van der Waals surface area contributed by atoms with Crippen molar-refractivity contribution in [3.05, 3.63) is 59.7 Å². The van der Waals surface area contributed by atoms with E-state index in [0.29, 0.717) is 18.3 Å². The lowest BCUT2D eigenvalue weighted by Gasteiger charge is -2.20. The van der Waals surface area contributed by atoms with Crippen LogP contribution in [0.5, 0.6) is 0 Å². The Bertz CT molecular complexity index is 1030. The van der Waals surface area contributed by atoms with E-state index >= 15 is 0 Å². The van der Waals surface area contributed by atoms with E-state index in [4.69, 9.17) is 0 Å². The molecule has 164 valence electrons. The lowest BCUT2D eigenvalue weighted by Crippen LogP contribution is -2.29. The standard InChI is InChI=1S/C22H24F3N5O/c1-3-30(4-2)21-28-18-8-6-5-7-17(18)19(29-21)26-13-14-27-20(31)15-9-11-16(12-10-15)22(23,24)25/h5-12H,3-4,13-14H2,1-2H3,(H,27,31)(H,26,28,29). The molecule has 0 saturated heterocycles. The number of anilines is 2. The second-order valence-electron chi connectivity index (χ2n) is 6.82. The van der Waals surface area contributed by atoms with Crippen molar-refractivity contribution in [2.24, 2.45) is 0 Å². The molecule has 6 nitrogen and oxygen atoms in total. The number of nitrogens with one attached hydrogen (secondary N) is 2. The Labute approximate surface area is 178 Å². The van der Waals surface area contributed by atoms with Gasteiger partial charge in [-0.25, -0.2) is 4.98 Å². The Morgan fingerprint density at radius 2 is 1.65 bits per heavy atom. The van der Waals surface area contributed by atoms with Crippen molar-refractivity contribution in [1.82, 2.24) is 15.3 Å². The van der Waals surface area contributed by atoms with E-state index in [-0.39, 0.29) is 12.1 Å². The molecule has 0 aliphatic carbocycles. The molecule has 1 amide bonds. The lowest BCUT2D eigenvalue weighted by atomic mass is 10.1. The molecule has 3 rings (SSSR count). The van der Waals surface area contributed by atoms with Crippen LogP contribution in [0.1, 0.15) is 29.8 Å². The highest BCUT2D eigenvalue weighted by atomic mass is 19.4. The van der Waals surface area contributed by atoms with Crippen molar-refractivity contribution in [3.8, 4) is 0 Å². The zero-order valence-corrected chi connectivity index (χ0v) is 17.3. The quantitative estimate of drug-likeness (QED) is 0.520. The summed E-state index contributed by atoms with van der Waals surface area (Å²) in [5.41, 5.74) is 0.199. The zero-order chi connectivity index (χ0) is 22.4. The van der Waals surface area contributed by atoms with Crippen LogP contribution >= 0.6 is 0 Å². The Morgan fingerprint density at radius 3 is 2.29 bits per heavy atom. The molecule has 0 saturated carbocycles. The van der Waals surface area contributed by atoms with E-state index in [1.54, 1.807) is 0 Å². The molecule has 31 heavy (non-hydrogen) atoms. The Balaban J connectivity index is 1.64. The van der Waals surface area contributed by atoms with Gasteiger partial charge in [-0.05, 0) is 50.2 Å². The lowest BCUT2D eigenvalue weighted by molar-refractivity contribution is -0.137. The normalized spacial score (nSPS) is 11.4. The third-order valence-corrected chi connectivity index (χ3v) is 4.82. The first-order chi connectivity index (χ1) is 14.8. The van der Waals surface area contributed by atoms with Crippen LogP contribution in [0.2, 0.25) is 0 Å². The van der Waals surface area contributed by atoms with Crippen molar-refractivity contribution < 1.29 is 18.0 Å². The van der Waals surface area contributed by atoms with Gasteiger partial charge in [-0.1, -0.05) is 12.1 Å². The molecule has 0 spiro atoms. The van der Waals surface area contributed by atoms with Gasteiger partial charge in [0.25, 0.3) is 5.91 Å². The van der Waals surface area contributed by atoms with E-state index in [9.17, 15) is 18.0 Å². The van der Waals surface area contributed by atoms with Gasteiger partial charge in [0.1, 0.15) is 5.82 Å². The molecular formula is C22H24F3N5O. The Morgan fingerprint density at radius 1 is 0.968 bits per heavy atom. The topological polar surface area (TPSA) is 70.2 Å². The van der Waals surface area contributed by atoms with Crippen LogP contribution in [-0.4, -0.2) is 42.1 Å². The van der Waals surface area contributed by atoms with E-state index in [1.165, 1.54) is 12.1 Å². The van der Waals surface area contributed by atoms with Crippen LogP contribution in [-0.2, 0) is 6.18 Å². The number of carbonyl (C=O) groups is 1. The van der Waals surface area contributed by atoms with Crippen LogP contribution in [0.3, 0.4) is 0 Å². The summed E-state index contributed by atoms with van der Waals surface area (Å²) < 4.78 is 37.9. The van der Waals surface area contributed by atoms with Gasteiger partial charge in [0, 0.05) is 37.1 Å². The summed E-state index contributed by atoms with van der Waals surface area (Å²) in [6.07, 6.45) is -4.43. The molecule has 0 bridgehead atoms. The molecule has 0 aliphatic rings. The van der Waals surface area contributed by atoms with Gasteiger partial charge in [-0.2, -0.15) is 18.2 Å². The largest absolute Gasteiger partial charge is 0.416 e. The molecule has 2 N–H and O–H groups in total. The number of para-hydroxylation sites is 1. The van der Waals surface area contributed by atoms with Gasteiger partial charge in [0.15, 0.2) is 0 Å². The summed E-state index contributed by atoms with van der Waals surface area (Å²) >= 11 is 0. The van der Waals surface area contributed by atoms with E-state index in [2.05, 4.69) is 20.6 Å². The van der Waals surface area contributed by atoms with Crippen LogP contribution in [0.15, 0.2) is 48.5 Å². The third kappa shape index (κ3) is 5.42. The minimum Gasteiger partial charge on any atom is -0.368 e. The fraction of sp³-hybridized carbons (Fsp3) is 0.318. The van der Waals surface area contributed by atoms with Crippen LogP contribution in [0, 0.1) is 0 Å². The van der Waals surface area contributed by atoms with E-state index in [1.807, 2.05) is 43.0 Å². The maximum absolute atomic E-state index is 12.6. The molecule has 0 atom stereocenters. The number of alkyl halides is 3. The first kappa shape index (κ1) is 22.3. The smallest absolute Gasteiger partial charge is 0.368 e. The molecular weight excluding hydrogens is 407 g/mol. The molecule has 0 unspecified atom stereocenters. The van der Waals surface area contributed by atoms with Gasteiger partial charge in [0.2, 0.25) is 5.95 Å². The van der Waals surface area contributed by atoms with Gasteiger partial charge in [-0.15, -0.1) is 0 Å². The molecule has 0 radical (unpaired) electrons. The highest BCUT2D eigenvalue weighted by Crippen LogP contribution is 2.29. The Kier molecular flexibility index (Phi) is 6.94. The number of benzene rings is 2. The number of amides is 1. The SMILES string of the molecule is CCN(CC)c1nc(NCCNC(=O)c2ccc(C(F)(F)F)cc2)c2ccccc2n1. The maximum Gasteiger partial charge on any atom is 0.416 e. The molecule has 3 aromatic rings. The minimum absolute atomic E-state index is 0.171. The number of nitrogens with zero attached hydrogens (tertiary/aromatic N) is 3. The highest BCUT2D eigenvalue weighted by Gasteiger charge is 2.30. The minimum atomic E-state index is -4.43. The van der Waals surface area contributed by atoms with Crippen molar-refractivity contribution in [2.75, 3.05) is 36.4 Å². The molecule has 1 heterocycles. The fourth-order valence-corrected chi connectivity index (χ4v) is 3.12. The molecule has 0 aliphatic heterocycles. The average Bonchev–Trinajstić information content (AvgIpc) is 2.77. The monoisotopic (exact) mass is 431 g/mol. The van der Waals surface area contributed by atoms with Crippen molar-refractivity contribution in [1.29, 1.82) is 0 Å². The van der Waals surface area contributed by atoms with Gasteiger partial charge in [0.05, 0.1) is 11.1 Å². The average molecular weight is 431 g/mol.